The van der Waals surface area contributed by atoms with Gasteiger partial charge in [0.05, 0.1) is 11.6 Å². The Morgan fingerprint density at radius 2 is 2.10 bits per heavy atom. The van der Waals surface area contributed by atoms with Gasteiger partial charge in [0.15, 0.2) is 5.11 Å². The van der Waals surface area contributed by atoms with E-state index in [1.54, 1.807) is 30.3 Å². The molecule has 156 valence electrons. The fraction of sp³-hybridized carbons (Fsp3) is 0.211. The summed E-state index contributed by atoms with van der Waals surface area (Å²) in [6, 6.07) is 8.59. The van der Waals surface area contributed by atoms with Crippen molar-refractivity contribution in [2.45, 2.75) is 20.4 Å². The first kappa shape index (κ1) is 21.9. The van der Waals surface area contributed by atoms with Crippen LogP contribution in [0.2, 0.25) is 10.0 Å². The van der Waals surface area contributed by atoms with E-state index in [2.05, 4.69) is 26.0 Å². The van der Waals surface area contributed by atoms with Crippen molar-refractivity contribution in [2.24, 2.45) is 5.92 Å². The molecule has 0 fully saturated rings. The van der Waals surface area contributed by atoms with Crippen LogP contribution in [0.3, 0.4) is 0 Å². The molecule has 3 aromatic rings. The van der Waals surface area contributed by atoms with Crippen molar-refractivity contribution in [1.29, 1.82) is 0 Å². The van der Waals surface area contributed by atoms with Crippen molar-refractivity contribution in [3.8, 4) is 11.3 Å². The Kier molecular flexibility index (Phi) is 7.20. The van der Waals surface area contributed by atoms with E-state index >= 15 is 0 Å². The van der Waals surface area contributed by atoms with Gasteiger partial charge < -0.3 is 4.42 Å². The first-order chi connectivity index (χ1) is 14.3. The van der Waals surface area contributed by atoms with Gasteiger partial charge in [0.25, 0.3) is 5.95 Å². The van der Waals surface area contributed by atoms with Crippen LogP contribution >= 0.6 is 35.4 Å². The highest BCUT2D eigenvalue weighted by atomic mass is 35.5. The molecule has 30 heavy (non-hydrogen) atoms. The molecule has 0 aliphatic rings. The van der Waals surface area contributed by atoms with Crippen molar-refractivity contribution < 1.29 is 9.21 Å². The molecule has 0 aliphatic carbocycles. The zero-order valence-electron chi connectivity index (χ0n) is 16.1. The van der Waals surface area contributed by atoms with Gasteiger partial charge in [-0.1, -0.05) is 42.1 Å². The van der Waals surface area contributed by atoms with Crippen LogP contribution in [0, 0.1) is 5.92 Å². The van der Waals surface area contributed by atoms with Crippen molar-refractivity contribution >= 4 is 58.5 Å². The molecule has 2 aromatic heterocycles. The number of anilines is 1. The minimum atomic E-state index is -0.440. The Bertz CT molecular complexity index is 1090. The van der Waals surface area contributed by atoms with Gasteiger partial charge in [0, 0.05) is 16.7 Å². The molecule has 0 saturated carbocycles. The highest BCUT2D eigenvalue weighted by Crippen LogP contribution is 2.31. The summed E-state index contributed by atoms with van der Waals surface area (Å²) < 4.78 is 5.70. The SMILES string of the molecule is CC(C)Cn1nnc(NC(=S)NC(=O)/C=C/c2ccc(-c3ccc(Cl)cc3Cl)o2)n1. The fourth-order valence-corrected chi connectivity index (χ4v) is 3.11. The van der Waals surface area contributed by atoms with E-state index in [0.717, 1.165) is 0 Å². The smallest absolute Gasteiger partial charge is 0.269 e. The van der Waals surface area contributed by atoms with Crippen LogP contribution in [0.4, 0.5) is 5.95 Å². The molecule has 2 N–H and O–H groups in total. The van der Waals surface area contributed by atoms with Crippen LogP contribution in [0.1, 0.15) is 19.6 Å². The van der Waals surface area contributed by atoms with Crippen molar-refractivity contribution in [2.75, 3.05) is 5.32 Å². The van der Waals surface area contributed by atoms with E-state index in [1.165, 1.54) is 16.9 Å². The summed E-state index contributed by atoms with van der Waals surface area (Å²) in [6.45, 7) is 4.71. The third-order valence-electron chi connectivity index (χ3n) is 3.67. The number of tetrazole rings is 1. The number of nitrogens with zero attached hydrogens (tertiary/aromatic N) is 4. The Morgan fingerprint density at radius 1 is 1.30 bits per heavy atom. The van der Waals surface area contributed by atoms with Gasteiger partial charge >= 0.3 is 0 Å². The molecule has 0 unspecified atom stereocenters. The molecule has 8 nitrogen and oxygen atoms in total. The summed E-state index contributed by atoms with van der Waals surface area (Å²) in [7, 11) is 0. The number of benzene rings is 1. The van der Waals surface area contributed by atoms with Crippen LogP contribution in [0.5, 0.6) is 0 Å². The Hall–Kier alpha value is -2.75. The molecular weight excluding hydrogens is 447 g/mol. The highest BCUT2D eigenvalue weighted by Gasteiger charge is 2.10. The second-order valence-electron chi connectivity index (χ2n) is 6.66. The minimum absolute atomic E-state index is 0.0572. The molecule has 2 heterocycles. The maximum Gasteiger partial charge on any atom is 0.269 e. The van der Waals surface area contributed by atoms with E-state index < -0.39 is 5.91 Å². The van der Waals surface area contributed by atoms with Gasteiger partial charge in [-0.3, -0.25) is 15.4 Å². The van der Waals surface area contributed by atoms with Gasteiger partial charge in [-0.2, -0.15) is 4.80 Å². The van der Waals surface area contributed by atoms with Gasteiger partial charge in [-0.15, -0.1) is 5.10 Å². The lowest BCUT2D eigenvalue weighted by Gasteiger charge is -2.04. The number of carbonyl (C=O) groups is 1. The summed E-state index contributed by atoms with van der Waals surface area (Å²) in [4.78, 5) is 13.5. The number of halogens is 2. The molecule has 0 bridgehead atoms. The van der Waals surface area contributed by atoms with Gasteiger partial charge in [-0.25, -0.2) is 0 Å². The first-order valence-corrected chi connectivity index (χ1v) is 10.1. The second kappa shape index (κ2) is 9.84. The summed E-state index contributed by atoms with van der Waals surface area (Å²) >= 11 is 17.2. The molecule has 3 rings (SSSR count). The number of carbonyl (C=O) groups excluding carboxylic acids is 1. The Morgan fingerprint density at radius 3 is 2.83 bits per heavy atom. The monoisotopic (exact) mass is 464 g/mol. The maximum atomic E-state index is 12.1. The predicted octanol–water partition coefficient (Wildman–Crippen LogP) is 4.42. The molecule has 11 heteroatoms. The third kappa shape index (κ3) is 6.12. The van der Waals surface area contributed by atoms with Crippen LogP contribution in [0.25, 0.3) is 17.4 Å². The number of aromatic nitrogens is 4. The summed E-state index contributed by atoms with van der Waals surface area (Å²) in [5, 5.41) is 18.1. The third-order valence-corrected chi connectivity index (χ3v) is 4.42. The average molecular weight is 465 g/mol. The normalized spacial score (nSPS) is 11.2. The van der Waals surface area contributed by atoms with E-state index in [9.17, 15) is 4.79 Å². The van der Waals surface area contributed by atoms with Crippen molar-refractivity contribution in [1.82, 2.24) is 25.5 Å². The quantitative estimate of drug-likeness (QED) is 0.411. The van der Waals surface area contributed by atoms with E-state index in [4.69, 9.17) is 39.8 Å². The molecule has 0 spiro atoms. The van der Waals surface area contributed by atoms with Crippen LogP contribution in [0.15, 0.2) is 40.8 Å². The summed E-state index contributed by atoms with van der Waals surface area (Å²) in [5.41, 5.74) is 0.702. The number of thiocarbonyl (C=S) groups is 1. The van der Waals surface area contributed by atoms with E-state index in [-0.39, 0.29) is 11.1 Å². The summed E-state index contributed by atoms with van der Waals surface area (Å²) in [5.74, 6) is 1.18. The topological polar surface area (TPSA) is 97.9 Å². The van der Waals surface area contributed by atoms with Crippen LogP contribution in [-0.4, -0.2) is 31.2 Å². The molecule has 0 aliphatic heterocycles. The van der Waals surface area contributed by atoms with Gasteiger partial charge in [-0.05, 0) is 59.8 Å². The molecular formula is C19H18Cl2N6O2S. The maximum absolute atomic E-state index is 12.1. The largest absolute Gasteiger partial charge is 0.457 e. The standard InChI is InChI=1S/C19H18Cl2N6O2S/c1-11(2)10-27-25-18(24-26-27)23-19(30)22-17(28)8-5-13-4-7-16(29-13)14-6-3-12(20)9-15(14)21/h3-9,11H,10H2,1-2H3,(H2,22,23,25,28,30)/b8-5+. The molecule has 0 saturated heterocycles. The van der Waals surface area contributed by atoms with Crippen LogP contribution in [-0.2, 0) is 11.3 Å². The Labute approximate surface area is 188 Å². The number of nitrogens with one attached hydrogen (secondary N) is 2. The lowest BCUT2D eigenvalue weighted by molar-refractivity contribution is -0.115. The van der Waals surface area contributed by atoms with Gasteiger partial charge in [0.1, 0.15) is 11.5 Å². The van der Waals surface area contributed by atoms with Crippen molar-refractivity contribution in [3.05, 3.63) is 52.2 Å². The number of hydrogen-bond acceptors (Lipinski definition) is 6. The first-order valence-electron chi connectivity index (χ1n) is 8.93. The average Bonchev–Trinajstić information content (AvgIpc) is 3.29. The van der Waals surface area contributed by atoms with E-state index in [0.29, 0.717) is 39.6 Å². The Balaban J connectivity index is 1.55. The second-order valence-corrected chi connectivity index (χ2v) is 7.92. The molecule has 0 atom stereocenters. The number of hydrogen-bond donors (Lipinski definition) is 2. The number of amides is 1. The number of furan rings is 1. The zero-order valence-corrected chi connectivity index (χ0v) is 18.4. The lowest BCUT2D eigenvalue weighted by atomic mass is 10.2. The van der Waals surface area contributed by atoms with Gasteiger partial charge in [0.2, 0.25) is 5.91 Å². The number of rotatable bonds is 6. The highest BCUT2D eigenvalue weighted by molar-refractivity contribution is 7.80. The lowest BCUT2D eigenvalue weighted by Crippen LogP contribution is -2.33. The molecule has 0 radical (unpaired) electrons. The van der Waals surface area contributed by atoms with Crippen LogP contribution < -0.4 is 10.6 Å². The summed E-state index contributed by atoms with van der Waals surface area (Å²) in [6.07, 6.45) is 2.81. The molecule has 1 aromatic carbocycles. The fourth-order valence-electron chi connectivity index (χ4n) is 2.42. The van der Waals surface area contributed by atoms with Crippen molar-refractivity contribution in [3.63, 3.8) is 0 Å². The zero-order chi connectivity index (χ0) is 21.7. The molecule has 1 amide bonds. The minimum Gasteiger partial charge on any atom is -0.457 e. The van der Waals surface area contributed by atoms with E-state index in [1.807, 2.05) is 13.8 Å². The predicted molar refractivity (Wildman–Crippen MR) is 120 cm³/mol.